The highest BCUT2D eigenvalue weighted by Crippen LogP contribution is 2.25. The molecule has 1 aliphatic heterocycles. The number of benzene rings is 1. The third kappa shape index (κ3) is 2.69. The Bertz CT molecular complexity index is 605. The summed E-state index contributed by atoms with van der Waals surface area (Å²) in [5.74, 6) is -1.70. The molecule has 1 aliphatic rings. The number of carbonyl (C=O) groups excluding carboxylic acids is 2. The van der Waals surface area contributed by atoms with E-state index in [1.54, 1.807) is 30.3 Å². The summed E-state index contributed by atoms with van der Waals surface area (Å²) < 4.78 is 5.16. The molecule has 20 heavy (non-hydrogen) atoms. The van der Waals surface area contributed by atoms with E-state index in [1.165, 1.54) is 7.11 Å². The van der Waals surface area contributed by atoms with Crippen LogP contribution in [0.3, 0.4) is 0 Å². The number of ether oxygens (including phenoxy) is 1. The highest BCUT2D eigenvalue weighted by Gasteiger charge is 2.35. The van der Waals surface area contributed by atoms with E-state index in [-0.39, 0.29) is 12.0 Å². The number of amides is 2. The van der Waals surface area contributed by atoms with Crippen molar-refractivity contribution in [1.82, 2.24) is 4.90 Å². The fourth-order valence-corrected chi connectivity index (χ4v) is 2.00. The third-order valence-electron chi connectivity index (χ3n) is 2.92. The fourth-order valence-electron chi connectivity index (χ4n) is 2.00. The topological polar surface area (TPSA) is 83.9 Å². The number of para-hydroxylation sites is 1. The number of likely N-dealkylation sites (tertiary alicyclic amines) is 1. The van der Waals surface area contributed by atoms with Gasteiger partial charge in [-0.05, 0) is 12.1 Å². The van der Waals surface area contributed by atoms with Gasteiger partial charge in [-0.1, -0.05) is 18.2 Å². The Morgan fingerprint density at radius 1 is 1.40 bits per heavy atom. The lowest BCUT2D eigenvalue weighted by Crippen LogP contribution is -2.34. The summed E-state index contributed by atoms with van der Waals surface area (Å²) in [5, 5.41) is 8.68. The first-order chi connectivity index (χ1) is 9.52. The lowest BCUT2D eigenvalue weighted by Gasteiger charge is -2.09. The quantitative estimate of drug-likeness (QED) is 0.652. The van der Waals surface area contributed by atoms with Crippen molar-refractivity contribution in [2.75, 3.05) is 13.7 Å². The molecule has 1 saturated heterocycles. The van der Waals surface area contributed by atoms with Crippen molar-refractivity contribution < 1.29 is 24.2 Å². The number of hydrogen-bond acceptors (Lipinski definition) is 4. The lowest BCUT2D eigenvalue weighted by molar-refractivity contribution is -0.148. The Labute approximate surface area is 115 Å². The molecule has 0 bridgehead atoms. The number of rotatable bonds is 4. The van der Waals surface area contributed by atoms with Crippen LogP contribution in [0, 0.1) is 0 Å². The van der Waals surface area contributed by atoms with E-state index in [2.05, 4.69) is 0 Å². The molecular weight excluding hydrogens is 262 g/mol. The molecule has 0 unspecified atom stereocenters. The molecule has 0 aliphatic carbocycles. The second kappa shape index (κ2) is 5.56. The maximum Gasteiger partial charge on any atom is 0.323 e. The molecule has 0 saturated carbocycles. The van der Waals surface area contributed by atoms with E-state index >= 15 is 0 Å². The average Bonchev–Trinajstić information content (AvgIpc) is 2.67. The summed E-state index contributed by atoms with van der Waals surface area (Å²) in [6.45, 7) is -0.610. The minimum atomic E-state index is -1.22. The predicted octanol–water partition coefficient (Wildman–Crippen LogP) is 0.922. The number of carbonyl (C=O) groups is 3. The lowest BCUT2D eigenvalue weighted by atomic mass is 10.1. The van der Waals surface area contributed by atoms with Gasteiger partial charge < -0.3 is 9.84 Å². The monoisotopic (exact) mass is 275 g/mol. The zero-order valence-electron chi connectivity index (χ0n) is 10.8. The van der Waals surface area contributed by atoms with Crippen LogP contribution in [-0.4, -0.2) is 41.4 Å². The standard InChI is InChI=1S/C14H13NO5/c1-20-11-5-3-2-4-9(11)6-10-7-12(16)15(14(10)19)8-13(17)18/h2-6H,7-8H2,1H3,(H,17,18)/b10-6+. The molecule has 0 spiro atoms. The molecule has 1 aromatic rings. The van der Waals surface area contributed by atoms with Gasteiger partial charge in [-0.3, -0.25) is 19.3 Å². The molecule has 1 heterocycles. The van der Waals surface area contributed by atoms with Gasteiger partial charge >= 0.3 is 5.97 Å². The van der Waals surface area contributed by atoms with Crippen molar-refractivity contribution in [2.24, 2.45) is 0 Å². The summed E-state index contributed by atoms with van der Waals surface area (Å²) in [6.07, 6.45) is 1.46. The van der Waals surface area contributed by atoms with Gasteiger partial charge in [0.25, 0.3) is 5.91 Å². The number of aliphatic carboxylic acids is 1. The molecule has 1 N–H and O–H groups in total. The summed E-state index contributed by atoms with van der Waals surface area (Å²) >= 11 is 0. The first kappa shape index (κ1) is 13.8. The van der Waals surface area contributed by atoms with Crippen molar-refractivity contribution in [1.29, 1.82) is 0 Å². The molecule has 2 amide bonds. The van der Waals surface area contributed by atoms with E-state index in [9.17, 15) is 14.4 Å². The van der Waals surface area contributed by atoms with Gasteiger partial charge in [0, 0.05) is 11.1 Å². The van der Waals surface area contributed by atoms with E-state index in [4.69, 9.17) is 9.84 Å². The molecule has 2 rings (SSSR count). The second-order valence-corrected chi connectivity index (χ2v) is 4.27. The van der Waals surface area contributed by atoms with Crippen molar-refractivity contribution in [2.45, 2.75) is 6.42 Å². The van der Waals surface area contributed by atoms with Crippen LogP contribution >= 0.6 is 0 Å². The van der Waals surface area contributed by atoms with E-state index in [1.807, 2.05) is 0 Å². The van der Waals surface area contributed by atoms with Crippen LogP contribution in [-0.2, 0) is 14.4 Å². The summed E-state index contributed by atoms with van der Waals surface area (Å²) in [4.78, 5) is 35.0. The maximum atomic E-state index is 12.0. The van der Waals surface area contributed by atoms with Gasteiger partial charge in [-0.15, -0.1) is 0 Å². The summed E-state index contributed by atoms with van der Waals surface area (Å²) in [7, 11) is 1.51. The normalized spacial score (nSPS) is 16.9. The first-order valence-corrected chi connectivity index (χ1v) is 5.93. The molecular formula is C14H13NO5. The van der Waals surface area contributed by atoms with Gasteiger partial charge in [-0.2, -0.15) is 0 Å². The number of imide groups is 1. The molecule has 104 valence electrons. The highest BCUT2D eigenvalue weighted by molar-refractivity contribution is 6.16. The molecule has 1 fully saturated rings. The molecule has 0 radical (unpaired) electrons. The predicted molar refractivity (Wildman–Crippen MR) is 69.9 cm³/mol. The molecule has 6 nitrogen and oxygen atoms in total. The highest BCUT2D eigenvalue weighted by atomic mass is 16.5. The number of methoxy groups -OCH3 is 1. The van der Waals surface area contributed by atoms with Gasteiger partial charge in [0.2, 0.25) is 5.91 Å². The van der Waals surface area contributed by atoms with Gasteiger partial charge in [0.05, 0.1) is 13.5 Å². The van der Waals surface area contributed by atoms with Crippen molar-refractivity contribution in [3.8, 4) is 5.75 Å². The zero-order chi connectivity index (χ0) is 14.7. The Morgan fingerprint density at radius 3 is 2.75 bits per heavy atom. The minimum Gasteiger partial charge on any atom is -0.496 e. The van der Waals surface area contributed by atoms with Crippen LogP contribution in [0.4, 0.5) is 0 Å². The van der Waals surface area contributed by atoms with E-state index in [0.717, 1.165) is 4.90 Å². The minimum absolute atomic E-state index is 0.0931. The van der Waals surface area contributed by atoms with E-state index in [0.29, 0.717) is 11.3 Å². The number of hydrogen-bond donors (Lipinski definition) is 1. The SMILES string of the molecule is COc1ccccc1/C=C1\CC(=O)N(CC(=O)O)C1=O. The fraction of sp³-hybridized carbons (Fsp3) is 0.214. The first-order valence-electron chi connectivity index (χ1n) is 5.93. The van der Waals surface area contributed by atoms with E-state index < -0.39 is 24.3 Å². The Morgan fingerprint density at radius 2 is 2.10 bits per heavy atom. The van der Waals surface area contributed by atoms with Crippen molar-refractivity contribution >= 4 is 23.9 Å². The van der Waals surface area contributed by atoms with Crippen LogP contribution in [0.2, 0.25) is 0 Å². The molecule has 0 aromatic heterocycles. The third-order valence-corrected chi connectivity index (χ3v) is 2.92. The zero-order valence-corrected chi connectivity index (χ0v) is 10.8. The van der Waals surface area contributed by atoms with Crippen LogP contribution < -0.4 is 4.74 Å². The summed E-state index contributed by atoms with van der Waals surface area (Å²) in [6, 6.07) is 7.07. The molecule has 1 aromatic carbocycles. The van der Waals surface area contributed by atoms with Crippen LogP contribution in [0.15, 0.2) is 29.8 Å². The maximum absolute atomic E-state index is 12.0. The van der Waals surface area contributed by atoms with Crippen molar-refractivity contribution in [3.63, 3.8) is 0 Å². The summed E-state index contributed by atoms with van der Waals surface area (Å²) in [5.41, 5.74) is 0.934. The average molecular weight is 275 g/mol. The largest absolute Gasteiger partial charge is 0.496 e. The Hall–Kier alpha value is -2.63. The smallest absolute Gasteiger partial charge is 0.323 e. The Balaban J connectivity index is 2.30. The second-order valence-electron chi connectivity index (χ2n) is 4.27. The van der Waals surface area contributed by atoms with Gasteiger partial charge in [0.1, 0.15) is 12.3 Å². The van der Waals surface area contributed by atoms with Gasteiger partial charge in [-0.25, -0.2) is 0 Å². The molecule has 6 heteroatoms. The number of carboxylic acid groups (broad SMARTS) is 1. The van der Waals surface area contributed by atoms with Gasteiger partial charge in [0.15, 0.2) is 0 Å². The number of carboxylic acids is 1. The Kier molecular flexibility index (Phi) is 3.84. The van der Waals surface area contributed by atoms with Crippen LogP contribution in [0.5, 0.6) is 5.75 Å². The number of nitrogens with zero attached hydrogens (tertiary/aromatic N) is 1. The molecule has 0 atom stereocenters. The van der Waals surface area contributed by atoms with Crippen molar-refractivity contribution in [3.05, 3.63) is 35.4 Å². The van der Waals surface area contributed by atoms with Crippen LogP contribution in [0.25, 0.3) is 6.08 Å². The van der Waals surface area contributed by atoms with Crippen LogP contribution in [0.1, 0.15) is 12.0 Å².